The maximum atomic E-state index is 6.29. The van der Waals surface area contributed by atoms with Crippen LogP contribution in [0, 0.1) is 5.92 Å². The van der Waals surface area contributed by atoms with E-state index in [-0.39, 0.29) is 12.1 Å². The summed E-state index contributed by atoms with van der Waals surface area (Å²) in [6, 6.07) is 9.15. The van der Waals surface area contributed by atoms with E-state index in [1.807, 2.05) is 12.1 Å². The van der Waals surface area contributed by atoms with Gasteiger partial charge in [-0.3, -0.25) is 4.90 Å². The van der Waals surface area contributed by atoms with Crippen molar-refractivity contribution in [3.05, 3.63) is 34.9 Å². The van der Waals surface area contributed by atoms with E-state index in [0.717, 1.165) is 10.9 Å². The molecule has 112 valence electrons. The quantitative estimate of drug-likeness (QED) is 0.900. The van der Waals surface area contributed by atoms with E-state index < -0.39 is 0 Å². The molecule has 1 saturated carbocycles. The molecule has 0 spiro atoms. The molecule has 0 amide bonds. The molecule has 0 heterocycles. The number of likely N-dealkylation sites (N-methyl/N-ethyl adjacent to an activating group) is 1. The largest absolute Gasteiger partial charge is 0.326 e. The molecule has 1 fully saturated rings. The average Bonchev–Trinajstić information content (AvgIpc) is 2.41. The molecule has 0 saturated heterocycles. The van der Waals surface area contributed by atoms with Gasteiger partial charge >= 0.3 is 0 Å². The summed E-state index contributed by atoms with van der Waals surface area (Å²) in [6.45, 7) is 4.48. The maximum absolute atomic E-state index is 6.29. The highest BCUT2D eigenvalue weighted by Crippen LogP contribution is 2.33. The zero-order valence-electron chi connectivity index (χ0n) is 12.8. The Bertz CT molecular complexity index is 416. The second-order valence-electron chi connectivity index (χ2n) is 6.35. The second-order valence-corrected chi connectivity index (χ2v) is 6.79. The number of hydrogen-bond donors (Lipinski definition) is 1. The number of nitrogens with zero attached hydrogens (tertiary/aromatic N) is 1. The van der Waals surface area contributed by atoms with E-state index in [0.29, 0.717) is 6.04 Å². The highest BCUT2D eigenvalue weighted by Gasteiger charge is 2.31. The van der Waals surface area contributed by atoms with Gasteiger partial charge in [-0.1, -0.05) is 43.5 Å². The Labute approximate surface area is 128 Å². The first kappa shape index (κ1) is 15.8. The third kappa shape index (κ3) is 3.55. The molecular formula is C17H27ClN2. The van der Waals surface area contributed by atoms with Crippen molar-refractivity contribution >= 4 is 11.6 Å². The van der Waals surface area contributed by atoms with E-state index in [9.17, 15) is 0 Å². The smallest absolute Gasteiger partial charge is 0.0496 e. The zero-order chi connectivity index (χ0) is 14.7. The van der Waals surface area contributed by atoms with Crippen molar-refractivity contribution in [3.63, 3.8) is 0 Å². The summed E-state index contributed by atoms with van der Waals surface area (Å²) in [5.74, 6) is 0.752. The van der Waals surface area contributed by atoms with Gasteiger partial charge in [0.1, 0.15) is 0 Å². The number of hydrogen-bond acceptors (Lipinski definition) is 2. The van der Waals surface area contributed by atoms with Crippen LogP contribution in [-0.4, -0.2) is 24.0 Å². The summed E-state index contributed by atoms with van der Waals surface area (Å²) < 4.78 is 0. The van der Waals surface area contributed by atoms with E-state index in [4.69, 9.17) is 17.3 Å². The number of nitrogens with two attached hydrogens (primary N) is 1. The van der Waals surface area contributed by atoms with Crippen molar-refractivity contribution in [1.82, 2.24) is 4.90 Å². The Morgan fingerprint density at radius 3 is 2.35 bits per heavy atom. The third-order valence-corrected chi connectivity index (χ3v) is 4.99. The molecule has 4 atom stereocenters. The molecule has 1 aromatic carbocycles. The SMILES string of the molecule is CC(N)C(c1ccc(Cl)cc1)N(C)C1CCCCC1C. The first-order valence-electron chi connectivity index (χ1n) is 7.73. The maximum Gasteiger partial charge on any atom is 0.0496 e. The minimum absolute atomic E-state index is 0.107. The summed E-state index contributed by atoms with van der Waals surface area (Å²) in [7, 11) is 2.23. The number of benzene rings is 1. The minimum atomic E-state index is 0.107. The molecular weight excluding hydrogens is 268 g/mol. The van der Waals surface area contributed by atoms with Gasteiger partial charge in [0.05, 0.1) is 0 Å². The van der Waals surface area contributed by atoms with E-state index in [1.54, 1.807) is 0 Å². The van der Waals surface area contributed by atoms with Crippen LogP contribution in [-0.2, 0) is 0 Å². The van der Waals surface area contributed by atoms with Crippen LogP contribution in [0.2, 0.25) is 5.02 Å². The first-order valence-corrected chi connectivity index (χ1v) is 8.11. The molecule has 2 N–H and O–H groups in total. The molecule has 0 aromatic heterocycles. The topological polar surface area (TPSA) is 29.3 Å². The predicted octanol–water partition coefficient (Wildman–Crippen LogP) is 4.24. The molecule has 20 heavy (non-hydrogen) atoms. The van der Waals surface area contributed by atoms with Crippen LogP contribution in [0.5, 0.6) is 0 Å². The van der Waals surface area contributed by atoms with Crippen molar-refractivity contribution in [2.45, 2.75) is 57.7 Å². The second kappa shape index (κ2) is 6.93. The van der Waals surface area contributed by atoms with Crippen molar-refractivity contribution in [2.75, 3.05) is 7.05 Å². The zero-order valence-corrected chi connectivity index (χ0v) is 13.6. The normalized spacial score (nSPS) is 26.5. The Balaban J connectivity index is 2.21. The lowest BCUT2D eigenvalue weighted by Gasteiger charge is -2.42. The lowest BCUT2D eigenvalue weighted by Crippen LogP contribution is -2.46. The summed E-state index contributed by atoms with van der Waals surface area (Å²) in [6.07, 6.45) is 5.33. The molecule has 1 aromatic rings. The van der Waals surface area contributed by atoms with Gasteiger partial charge in [-0.25, -0.2) is 0 Å². The highest BCUT2D eigenvalue weighted by molar-refractivity contribution is 6.30. The summed E-state index contributed by atoms with van der Waals surface area (Å²) in [4.78, 5) is 2.50. The summed E-state index contributed by atoms with van der Waals surface area (Å²) >= 11 is 6.00. The third-order valence-electron chi connectivity index (χ3n) is 4.74. The minimum Gasteiger partial charge on any atom is -0.326 e. The summed E-state index contributed by atoms with van der Waals surface area (Å²) in [5, 5.41) is 0.783. The molecule has 3 heteroatoms. The number of halogens is 1. The van der Waals surface area contributed by atoms with Gasteiger partial charge in [-0.2, -0.15) is 0 Å². The molecule has 2 nitrogen and oxygen atoms in total. The molecule has 0 radical (unpaired) electrons. The van der Waals surface area contributed by atoms with Crippen LogP contribution in [0.15, 0.2) is 24.3 Å². The highest BCUT2D eigenvalue weighted by atomic mass is 35.5. The molecule has 4 unspecified atom stereocenters. The van der Waals surface area contributed by atoms with Gasteiger partial charge in [-0.05, 0) is 50.4 Å². The molecule has 2 rings (SSSR count). The summed E-state index contributed by atoms with van der Waals surface area (Å²) in [5.41, 5.74) is 7.55. The Kier molecular flexibility index (Phi) is 5.48. The fraction of sp³-hybridized carbons (Fsp3) is 0.647. The van der Waals surface area contributed by atoms with Crippen LogP contribution in [0.25, 0.3) is 0 Å². The van der Waals surface area contributed by atoms with Gasteiger partial charge in [0.25, 0.3) is 0 Å². The fourth-order valence-electron chi connectivity index (χ4n) is 3.68. The van der Waals surface area contributed by atoms with Crippen LogP contribution >= 0.6 is 11.6 Å². The molecule has 1 aliphatic carbocycles. The lowest BCUT2D eigenvalue weighted by atomic mass is 9.83. The Morgan fingerprint density at radius 1 is 1.20 bits per heavy atom. The molecule has 0 bridgehead atoms. The van der Waals surface area contributed by atoms with E-state index in [2.05, 4.69) is 37.9 Å². The van der Waals surface area contributed by atoms with Crippen LogP contribution in [0.3, 0.4) is 0 Å². The van der Waals surface area contributed by atoms with Crippen molar-refractivity contribution < 1.29 is 0 Å². The molecule has 0 aliphatic heterocycles. The predicted molar refractivity (Wildman–Crippen MR) is 87.0 cm³/mol. The van der Waals surface area contributed by atoms with Crippen molar-refractivity contribution in [2.24, 2.45) is 11.7 Å². The Hall–Kier alpha value is -0.570. The van der Waals surface area contributed by atoms with Crippen LogP contribution < -0.4 is 5.73 Å². The van der Waals surface area contributed by atoms with Crippen molar-refractivity contribution in [3.8, 4) is 0 Å². The van der Waals surface area contributed by atoms with Gasteiger partial charge in [-0.15, -0.1) is 0 Å². The Morgan fingerprint density at radius 2 is 1.80 bits per heavy atom. The standard InChI is InChI=1S/C17H27ClN2/c1-12-6-4-5-7-16(12)20(3)17(13(2)19)14-8-10-15(18)11-9-14/h8-13,16-17H,4-7,19H2,1-3H3. The van der Waals surface area contributed by atoms with Gasteiger partial charge in [0, 0.05) is 23.1 Å². The van der Waals surface area contributed by atoms with Gasteiger partial charge < -0.3 is 5.73 Å². The van der Waals surface area contributed by atoms with Crippen LogP contribution in [0.4, 0.5) is 0 Å². The van der Waals surface area contributed by atoms with E-state index >= 15 is 0 Å². The van der Waals surface area contributed by atoms with Crippen LogP contribution in [0.1, 0.15) is 51.1 Å². The monoisotopic (exact) mass is 294 g/mol. The van der Waals surface area contributed by atoms with E-state index in [1.165, 1.54) is 31.2 Å². The van der Waals surface area contributed by atoms with Gasteiger partial charge in [0.15, 0.2) is 0 Å². The fourth-order valence-corrected chi connectivity index (χ4v) is 3.80. The lowest BCUT2D eigenvalue weighted by molar-refractivity contribution is 0.0859. The number of rotatable bonds is 4. The van der Waals surface area contributed by atoms with Gasteiger partial charge in [0.2, 0.25) is 0 Å². The molecule has 1 aliphatic rings. The average molecular weight is 295 g/mol. The van der Waals surface area contributed by atoms with Crippen molar-refractivity contribution in [1.29, 1.82) is 0 Å². The first-order chi connectivity index (χ1) is 9.50.